The summed E-state index contributed by atoms with van der Waals surface area (Å²) in [4.78, 5) is 12.1. The largest absolute Gasteiger partial charge is 0.573 e. The van der Waals surface area contributed by atoms with Crippen molar-refractivity contribution in [3.05, 3.63) is 53.0 Å². The van der Waals surface area contributed by atoms with Crippen LogP contribution in [0.15, 0.2) is 53.0 Å². The topological polar surface area (TPSA) is 50.4 Å². The second kappa shape index (κ2) is 7.57. The fraction of sp³-hybridized carbons (Fsp3) is 0.188. The molecule has 24 heavy (non-hydrogen) atoms. The van der Waals surface area contributed by atoms with Crippen LogP contribution in [0.4, 0.5) is 24.5 Å². The Hall–Kier alpha value is -2.22. The van der Waals surface area contributed by atoms with E-state index in [1.54, 1.807) is 6.92 Å². The number of rotatable bonds is 5. The number of hydrogen-bond donors (Lipinski definition) is 2. The lowest BCUT2D eigenvalue weighted by molar-refractivity contribution is -0.274. The highest BCUT2D eigenvalue weighted by molar-refractivity contribution is 9.10. The van der Waals surface area contributed by atoms with E-state index in [-0.39, 0.29) is 11.7 Å². The van der Waals surface area contributed by atoms with Crippen molar-refractivity contribution in [2.75, 3.05) is 10.6 Å². The molecule has 0 fully saturated rings. The van der Waals surface area contributed by atoms with E-state index >= 15 is 0 Å². The molecule has 0 aliphatic rings. The summed E-state index contributed by atoms with van der Waals surface area (Å²) < 4.78 is 41.0. The third kappa shape index (κ3) is 5.77. The van der Waals surface area contributed by atoms with Crippen molar-refractivity contribution in [1.29, 1.82) is 0 Å². The third-order valence-electron chi connectivity index (χ3n) is 2.98. The standard InChI is InChI=1S/C16H14BrF3N2O2/c1-10(21-12-4-2-11(17)3-5-12)15(23)22-13-6-8-14(9-7-13)24-16(18,19)20/h2-10,21H,1H3,(H,22,23)/t10-/m0/s1. The van der Waals surface area contributed by atoms with E-state index in [1.807, 2.05) is 24.3 Å². The number of amides is 1. The van der Waals surface area contributed by atoms with Crippen molar-refractivity contribution >= 4 is 33.2 Å². The Bertz CT molecular complexity index is 688. The summed E-state index contributed by atoms with van der Waals surface area (Å²) in [7, 11) is 0. The third-order valence-corrected chi connectivity index (χ3v) is 3.50. The fourth-order valence-corrected chi connectivity index (χ4v) is 2.12. The molecule has 8 heteroatoms. The van der Waals surface area contributed by atoms with Crippen LogP contribution in [0.3, 0.4) is 0 Å². The minimum atomic E-state index is -4.74. The first kappa shape index (κ1) is 18.1. The van der Waals surface area contributed by atoms with Crippen molar-refractivity contribution in [2.45, 2.75) is 19.3 Å². The molecule has 0 radical (unpaired) electrons. The van der Waals surface area contributed by atoms with Gasteiger partial charge in [0.05, 0.1) is 0 Å². The smallest absolute Gasteiger partial charge is 0.406 e. The molecule has 0 heterocycles. The van der Waals surface area contributed by atoms with Crippen LogP contribution < -0.4 is 15.4 Å². The molecule has 0 unspecified atom stereocenters. The van der Waals surface area contributed by atoms with Gasteiger partial charge in [0.15, 0.2) is 0 Å². The van der Waals surface area contributed by atoms with Crippen molar-refractivity contribution in [3.8, 4) is 5.75 Å². The number of anilines is 2. The second-order valence-electron chi connectivity index (χ2n) is 4.93. The van der Waals surface area contributed by atoms with Crippen LogP contribution in [-0.4, -0.2) is 18.3 Å². The quantitative estimate of drug-likeness (QED) is 0.755. The van der Waals surface area contributed by atoms with Crippen LogP contribution in [0, 0.1) is 0 Å². The highest BCUT2D eigenvalue weighted by Gasteiger charge is 2.30. The molecule has 0 aliphatic carbocycles. The van der Waals surface area contributed by atoms with E-state index in [0.717, 1.165) is 22.3 Å². The van der Waals surface area contributed by atoms with E-state index in [0.29, 0.717) is 5.69 Å². The maximum absolute atomic E-state index is 12.1. The lowest BCUT2D eigenvalue weighted by Crippen LogP contribution is -2.31. The summed E-state index contributed by atoms with van der Waals surface area (Å²) in [5.74, 6) is -0.663. The van der Waals surface area contributed by atoms with E-state index < -0.39 is 12.4 Å². The number of benzene rings is 2. The van der Waals surface area contributed by atoms with E-state index in [2.05, 4.69) is 31.3 Å². The molecule has 0 aliphatic heterocycles. The summed E-state index contributed by atoms with van der Waals surface area (Å²) in [5, 5.41) is 5.64. The highest BCUT2D eigenvalue weighted by atomic mass is 79.9. The SMILES string of the molecule is C[C@H](Nc1ccc(Br)cc1)C(=O)Nc1ccc(OC(F)(F)F)cc1. The van der Waals surface area contributed by atoms with Gasteiger partial charge in [-0.05, 0) is 55.5 Å². The zero-order valence-corrected chi connectivity index (χ0v) is 14.1. The zero-order valence-electron chi connectivity index (χ0n) is 12.5. The average molecular weight is 403 g/mol. The molecule has 0 saturated carbocycles. The lowest BCUT2D eigenvalue weighted by Gasteiger charge is -2.16. The summed E-state index contributed by atoms with van der Waals surface area (Å²) in [5.41, 5.74) is 1.15. The molecule has 2 aromatic carbocycles. The monoisotopic (exact) mass is 402 g/mol. The Labute approximate surface area is 145 Å². The fourth-order valence-electron chi connectivity index (χ4n) is 1.85. The van der Waals surface area contributed by atoms with Gasteiger partial charge >= 0.3 is 6.36 Å². The van der Waals surface area contributed by atoms with E-state index in [4.69, 9.17) is 0 Å². The predicted molar refractivity (Wildman–Crippen MR) is 89.0 cm³/mol. The molecule has 0 aromatic heterocycles. The van der Waals surface area contributed by atoms with Crippen LogP contribution >= 0.6 is 15.9 Å². The van der Waals surface area contributed by atoms with Gasteiger partial charge in [0, 0.05) is 15.8 Å². The van der Waals surface area contributed by atoms with Gasteiger partial charge in [0.2, 0.25) is 5.91 Å². The Morgan fingerprint density at radius 1 is 1.04 bits per heavy atom. The molecule has 4 nitrogen and oxygen atoms in total. The molecule has 1 atom stereocenters. The van der Waals surface area contributed by atoms with Crippen molar-refractivity contribution in [3.63, 3.8) is 0 Å². The molecular weight excluding hydrogens is 389 g/mol. The summed E-state index contributed by atoms with van der Waals surface area (Å²) in [6, 6.07) is 11.7. The van der Waals surface area contributed by atoms with E-state index in [1.165, 1.54) is 12.1 Å². The summed E-state index contributed by atoms with van der Waals surface area (Å²) in [6.07, 6.45) is -4.74. The first-order chi connectivity index (χ1) is 11.2. The summed E-state index contributed by atoms with van der Waals surface area (Å²) >= 11 is 3.32. The van der Waals surface area contributed by atoms with Crippen LogP contribution in [0.1, 0.15) is 6.92 Å². The first-order valence-corrected chi connectivity index (χ1v) is 7.71. The molecule has 0 bridgehead atoms. The van der Waals surface area contributed by atoms with Crippen molar-refractivity contribution in [1.82, 2.24) is 0 Å². The van der Waals surface area contributed by atoms with Crippen LogP contribution in [0.25, 0.3) is 0 Å². The van der Waals surface area contributed by atoms with Crippen LogP contribution in [-0.2, 0) is 4.79 Å². The Balaban J connectivity index is 1.92. The van der Waals surface area contributed by atoms with Gasteiger partial charge in [-0.2, -0.15) is 0 Å². The normalized spacial score (nSPS) is 12.4. The molecular formula is C16H14BrF3N2O2. The predicted octanol–water partition coefficient (Wildman–Crippen LogP) is 4.79. The number of hydrogen-bond acceptors (Lipinski definition) is 3. The second-order valence-corrected chi connectivity index (χ2v) is 5.85. The zero-order chi connectivity index (χ0) is 17.7. The summed E-state index contributed by atoms with van der Waals surface area (Å²) in [6.45, 7) is 1.68. The minimum Gasteiger partial charge on any atom is -0.406 e. The number of carbonyl (C=O) groups excluding carboxylic acids is 1. The maximum atomic E-state index is 12.1. The maximum Gasteiger partial charge on any atom is 0.573 e. The van der Waals surface area contributed by atoms with Gasteiger partial charge in [-0.1, -0.05) is 15.9 Å². The highest BCUT2D eigenvalue weighted by Crippen LogP contribution is 2.24. The molecule has 2 aromatic rings. The molecule has 2 rings (SSSR count). The van der Waals surface area contributed by atoms with Gasteiger partial charge in [0.25, 0.3) is 0 Å². The van der Waals surface area contributed by atoms with Crippen molar-refractivity contribution in [2.24, 2.45) is 0 Å². The number of ether oxygens (including phenoxy) is 1. The number of nitrogens with one attached hydrogen (secondary N) is 2. The Morgan fingerprint density at radius 3 is 2.12 bits per heavy atom. The minimum absolute atomic E-state index is 0.317. The van der Waals surface area contributed by atoms with Gasteiger partial charge in [-0.3, -0.25) is 4.79 Å². The first-order valence-electron chi connectivity index (χ1n) is 6.92. The van der Waals surface area contributed by atoms with Crippen LogP contribution in [0.5, 0.6) is 5.75 Å². The Morgan fingerprint density at radius 2 is 1.58 bits per heavy atom. The number of halogens is 4. The molecule has 1 amide bonds. The van der Waals surface area contributed by atoms with Gasteiger partial charge in [-0.25, -0.2) is 0 Å². The van der Waals surface area contributed by atoms with Gasteiger partial charge in [-0.15, -0.1) is 13.2 Å². The molecule has 2 N–H and O–H groups in total. The Kier molecular flexibility index (Phi) is 5.71. The average Bonchev–Trinajstić information content (AvgIpc) is 2.50. The number of alkyl halides is 3. The van der Waals surface area contributed by atoms with Gasteiger partial charge < -0.3 is 15.4 Å². The van der Waals surface area contributed by atoms with E-state index in [9.17, 15) is 18.0 Å². The molecule has 128 valence electrons. The molecule has 0 spiro atoms. The lowest BCUT2D eigenvalue weighted by atomic mass is 10.2. The van der Waals surface area contributed by atoms with Crippen LogP contribution in [0.2, 0.25) is 0 Å². The molecule has 0 saturated heterocycles. The number of carbonyl (C=O) groups is 1. The van der Waals surface area contributed by atoms with Crippen molar-refractivity contribution < 1.29 is 22.7 Å². The van der Waals surface area contributed by atoms with Gasteiger partial charge in [0.1, 0.15) is 11.8 Å².